The number of piperazine rings is 1. The van der Waals surface area contributed by atoms with E-state index in [-0.39, 0.29) is 5.91 Å². The molecule has 0 radical (unpaired) electrons. The first-order valence-corrected chi connectivity index (χ1v) is 10.8. The van der Waals surface area contributed by atoms with E-state index >= 15 is 0 Å². The van der Waals surface area contributed by atoms with Crippen LogP contribution >= 0.6 is 11.3 Å². The van der Waals surface area contributed by atoms with E-state index in [0.717, 1.165) is 66.8 Å². The van der Waals surface area contributed by atoms with Crippen LogP contribution in [0.25, 0.3) is 11.0 Å². The van der Waals surface area contributed by atoms with Gasteiger partial charge >= 0.3 is 0 Å². The van der Waals surface area contributed by atoms with Gasteiger partial charge in [-0.25, -0.2) is 15.0 Å². The van der Waals surface area contributed by atoms with Crippen LogP contribution in [0.4, 0.5) is 10.9 Å². The molecular formula is C19H24N8OS. The van der Waals surface area contributed by atoms with E-state index in [1.807, 2.05) is 20.2 Å². The Morgan fingerprint density at radius 1 is 1.17 bits per heavy atom. The molecule has 1 fully saturated rings. The maximum absolute atomic E-state index is 12.4. The normalized spacial score (nSPS) is 17.1. The number of hydrogen-bond acceptors (Lipinski definition) is 8. The first-order valence-electron chi connectivity index (χ1n) is 9.99. The lowest BCUT2D eigenvalue weighted by Crippen LogP contribution is -2.49. The van der Waals surface area contributed by atoms with Crippen molar-refractivity contribution in [3.8, 4) is 0 Å². The quantitative estimate of drug-likeness (QED) is 0.692. The van der Waals surface area contributed by atoms with Gasteiger partial charge in [0.2, 0.25) is 5.91 Å². The molecule has 3 aromatic rings. The van der Waals surface area contributed by atoms with Crippen LogP contribution in [0, 0.1) is 6.92 Å². The second-order valence-electron chi connectivity index (χ2n) is 7.65. The lowest BCUT2D eigenvalue weighted by atomic mass is 10.2. The molecule has 1 N–H and O–H groups in total. The first-order chi connectivity index (χ1) is 14.1. The van der Waals surface area contributed by atoms with Crippen LogP contribution in [0.5, 0.6) is 0 Å². The van der Waals surface area contributed by atoms with E-state index in [1.165, 1.54) is 17.0 Å². The third kappa shape index (κ3) is 3.58. The number of carbonyl (C=O) groups excluding carboxylic acids is 1. The average Bonchev–Trinajstić information content (AvgIpc) is 3.37. The van der Waals surface area contributed by atoms with E-state index in [0.29, 0.717) is 6.54 Å². The molecule has 10 heteroatoms. The molecule has 152 valence electrons. The molecule has 1 aliphatic carbocycles. The van der Waals surface area contributed by atoms with Gasteiger partial charge in [0.25, 0.3) is 0 Å². The van der Waals surface area contributed by atoms with Crippen LogP contribution in [0.2, 0.25) is 0 Å². The zero-order valence-electron chi connectivity index (χ0n) is 16.7. The van der Waals surface area contributed by atoms with Gasteiger partial charge in [-0.15, -0.1) is 11.3 Å². The molecular weight excluding hydrogens is 388 g/mol. The van der Waals surface area contributed by atoms with Crippen molar-refractivity contribution < 1.29 is 4.79 Å². The molecule has 1 aliphatic heterocycles. The zero-order chi connectivity index (χ0) is 20.0. The van der Waals surface area contributed by atoms with E-state index in [2.05, 4.69) is 35.2 Å². The molecule has 5 rings (SSSR count). The molecule has 2 aliphatic rings. The van der Waals surface area contributed by atoms with Crippen molar-refractivity contribution in [1.29, 1.82) is 0 Å². The van der Waals surface area contributed by atoms with Crippen molar-refractivity contribution in [2.24, 2.45) is 7.05 Å². The fourth-order valence-corrected chi connectivity index (χ4v) is 5.14. The SMILES string of the molecule is Cc1nc(N2CCN(CC(=O)Nc3nc4c(s3)CCC4)CC2)c2cnn(C)c2n1. The van der Waals surface area contributed by atoms with E-state index in [1.54, 1.807) is 16.0 Å². The summed E-state index contributed by atoms with van der Waals surface area (Å²) in [5.41, 5.74) is 2.02. The number of carbonyl (C=O) groups is 1. The van der Waals surface area contributed by atoms with Gasteiger partial charge in [-0.05, 0) is 26.2 Å². The standard InChI is InChI=1S/C19H24N8OS/c1-12-21-17-13(10-20-25(17)2)18(22-12)27-8-6-26(7-9-27)11-16(28)24-19-23-14-4-3-5-15(14)29-19/h10H,3-9,11H2,1-2H3,(H,23,24,28). The van der Waals surface area contributed by atoms with Crippen LogP contribution in [0.15, 0.2) is 6.20 Å². The Morgan fingerprint density at radius 2 is 2.00 bits per heavy atom. The van der Waals surface area contributed by atoms with Gasteiger partial charge in [0.15, 0.2) is 10.8 Å². The Labute approximate surface area is 172 Å². The Bertz CT molecular complexity index is 1040. The highest BCUT2D eigenvalue weighted by atomic mass is 32.1. The Kier molecular flexibility index (Phi) is 4.67. The third-order valence-corrected chi connectivity index (χ3v) is 6.64. The highest BCUT2D eigenvalue weighted by Gasteiger charge is 2.24. The van der Waals surface area contributed by atoms with Crippen molar-refractivity contribution in [3.05, 3.63) is 22.6 Å². The fourth-order valence-electron chi connectivity index (χ4n) is 4.08. The van der Waals surface area contributed by atoms with Crippen LogP contribution in [0.3, 0.4) is 0 Å². The molecule has 29 heavy (non-hydrogen) atoms. The van der Waals surface area contributed by atoms with Gasteiger partial charge in [-0.1, -0.05) is 0 Å². The van der Waals surface area contributed by atoms with Gasteiger partial charge in [-0.3, -0.25) is 14.4 Å². The summed E-state index contributed by atoms with van der Waals surface area (Å²) < 4.78 is 1.78. The zero-order valence-corrected chi connectivity index (χ0v) is 17.5. The number of nitrogens with zero attached hydrogens (tertiary/aromatic N) is 7. The number of aryl methyl sites for hydroxylation is 4. The van der Waals surface area contributed by atoms with Crippen molar-refractivity contribution in [1.82, 2.24) is 29.6 Å². The second kappa shape index (κ2) is 7.34. The summed E-state index contributed by atoms with van der Waals surface area (Å²) in [5, 5.41) is 9.02. The molecule has 1 saturated heterocycles. The van der Waals surface area contributed by atoms with E-state index < -0.39 is 0 Å². The molecule has 0 saturated carbocycles. The van der Waals surface area contributed by atoms with E-state index in [9.17, 15) is 4.79 Å². The maximum Gasteiger partial charge on any atom is 0.240 e. The number of thiazole rings is 1. The van der Waals surface area contributed by atoms with Crippen LogP contribution in [-0.4, -0.2) is 68.3 Å². The lowest BCUT2D eigenvalue weighted by molar-refractivity contribution is -0.117. The van der Waals surface area contributed by atoms with E-state index in [4.69, 9.17) is 0 Å². The molecule has 0 aromatic carbocycles. The lowest BCUT2D eigenvalue weighted by Gasteiger charge is -2.35. The minimum Gasteiger partial charge on any atom is -0.353 e. The summed E-state index contributed by atoms with van der Waals surface area (Å²) >= 11 is 1.62. The first kappa shape index (κ1) is 18.4. The highest BCUT2D eigenvalue weighted by molar-refractivity contribution is 7.15. The van der Waals surface area contributed by atoms with Crippen LogP contribution in [-0.2, 0) is 24.7 Å². The molecule has 0 unspecified atom stereocenters. The van der Waals surface area contributed by atoms with Crippen molar-refractivity contribution in [3.63, 3.8) is 0 Å². The monoisotopic (exact) mass is 412 g/mol. The van der Waals surface area contributed by atoms with Gasteiger partial charge in [0.1, 0.15) is 11.6 Å². The smallest absolute Gasteiger partial charge is 0.240 e. The summed E-state index contributed by atoms with van der Waals surface area (Å²) in [5.74, 6) is 1.69. The summed E-state index contributed by atoms with van der Waals surface area (Å²) in [6.45, 7) is 5.56. The fraction of sp³-hybridized carbons (Fsp3) is 0.526. The molecule has 9 nitrogen and oxygen atoms in total. The Balaban J connectivity index is 1.20. The molecule has 4 heterocycles. The van der Waals surface area contributed by atoms with Gasteiger partial charge in [0.05, 0.1) is 23.8 Å². The molecule has 3 aromatic heterocycles. The number of anilines is 2. The predicted octanol–water partition coefficient (Wildman–Crippen LogP) is 1.38. The minimum absolute atomic E-state index is 0.0124. The largest absolute Gasteiger partial charge is 0.353 e. The summed E-state index contributed by atoms with van der Waals surface area (Å²) in [4.78, 5) is 31.9. The van der Waals surface area contributed by atoms with Crippen molar-refractivity contribution >= 4 is 39.2 Å². The van der Waals surface area contributed by atoms with Crippen molar-refractivity contribution in [2.45, 2.75) is 26.2 Å². The van der Waals surface area contributed by atoms with Gasteiger partial charge < -0.3 is 10.2 Å². The van der Waals surface area contributed by atoms with Crippen LogP contribution in [0.1, 0.15) is 22.8 Å². The van der Waals surface area contributed by atoms with Gasteiger partial charge in [0, 0.05) is 38.1 Å². The number of amides is 1. The number of nitrogens with one attached hydrogen (secondary N) is 1. The van der Waals surface area contributed by atoms with Gasteiger partial charge in [-0.2, -0.15) is 5.10 Å². The van der Waals surface area contributed by atoms with Crippen molar-refractivity contribution in [2.75, 3.05) is 42.9 Å². The third-order valence-electron chi connectivity index (χ3n) is 5.56. The second-order valence-corrected chi connectivity index (χ2v) is 8.74. The molecule has 1 amide bonds. The summed E-state index contributed by atoms with van der Waals surface area (Å²) in [6.07, 6.45) is 5.15. The predicted molar refractivity (Wildman–Crippen MR) is 112 cm³/mol. The maximum atomic E-state index is 12.4. The summed E-state index contributed by atoms with van der Waals surface area (Å²) in [6, 6.07) is 0. The molecule has 0 bridgehead atoms. The molecule has 0 atom stereocenters. The number of hydrogen-bond donors (Lipinski definition) is 1. The topological polar surface area (TPSA) is 92.1 Å². The summed E-state index contributed by atoms with van der Waals surface area (Å²) in [7, 11) is 1.90. The average molecular weight is 413 g/mol. The number of fused-ring (bicyclic) bond motifs is 2. The number of aromatic nitrogens is 5. The molecule has 0 spiro atoms. The highest BCUT2D eigenvalue weighted by Crippen LogP contribution is 2.30. The van der Waals surface area contributed by atoms with Crippen LogP contribution < -0.4 is 10.2 Å². The Morgan fingerprint density at radius 3 is 2.79 bits per heavy atom. The number of rotatable bonds is 4. The Hall–Kier alpha value is -2.59. The minimum atomic E-state index is 0.0124.